The van der Waals surface area contributed by atoms with Crippen LogP contribution in [0.25, 0.3) is 0 Å². The number of thiophene rings is 1. The van der Waals surface area contributed by atoms with Crippen molar-refractivity contribution in [1.29, 1.82) is 0 Å². The molecule has 2 fully saturated rings. The second-order valence-electron chi connectivity index (χ2n) is 6.15. The van der Waals surface area contributed by atoms with Crippen molar-refractivity contribution in [3.8, 4) is 0 Å². The van der Waals surface area contributed by atoms with Crippen LogP contribution >= 0.6 is 39.7 Å². The fraction of sp³-hybridized carbons (Fsp3) is 0.667. The summed E-state index contributed by atoms with van der Waals surface area (Å²) < 4.78 is 1.13. The first-order valence-corrected chi connectivity index (χ1v) is 8.98. The molecule has 6 heteroatoms. The number of nitrogens with one attached hydrogen (secondary N) is 1. The molecule has 0 bridgehead atoms. The predicted octanol–water partition coefficient (Wildman–Crippen LogP) is 3.67. The minimum atomic E-state index is -0.125. The highest BCUT2D eigenvalue weighted by molar-refractivity contribution is 9.11. The van der Waals surface area contributed by atoms with Crippen LogP contribution in [0.4, 0.5) is 0 Å². The number of halogens is 2. The summed E-state index contributed by atoms with van der Waals surface area (Å²) in [5.74, 6) is 0.884. The van der Waals surface area contributed by atoms with Crippen LogP contribution in [0.5, 0.6) is 0 Å². The molecule has 2 atom stereocenters. The van der Waals surface area contributed by atoms with Gasteiger partial charge in [0.1, 0.15) is 0 Å². The van der Waals surface area contributed by atoms with Gasteiger partial charge in [0.15, 0.2) is 0 Å². The number of nitrogens with zero attached hydrogens (tertiary/aromatic N) is 1. The number of carbonyl (C=O) groups excluding carboxylic acids is 1. The van der Waals surface area contributed by atoms with Crippen LogP contribution in [0.1, 0.15) is 31.2 Å². The Morgan fingerprint density at radius 2 is 2.38 bits per heavy atom. The lowest BCUT2D eigenvalue weighted by Crippen LogP contribution is -2.48. The topological polar surface area (TPSA) is 32.3 Å². The molecule has 1 aliphatic carbocycles. The molecule has 118 valence electrons. The van der Waals surface area contributed by atoms with E-state index in [4.69, 9.17) is 0 Å². The Kier molecular flexibility index (Phi) is 5.74. The molecular formula is C15H22BrClN2OS. The quantitative estimate of drug-likeness (QED) is 0.850. The fourth-order valence-electron chi connectivity index (χ4n) is 3.82. The van der Waals surface area contributed by atoms with Gasteiger partial charge in [-0.2, -0.15) is 0 Å². The Balaban J connectivity index is 0.00000161. The van der Waals surface area contributed by atoms with Gasteiger partial charge < -0.3 is 10.2 Å². The van der Waals surface area contributed by atoms with E-state index in [2.05, 4.69) is 32.7 Å². The summed E-state index contributed by atoms with van der Waals surface area (Å²) >= 11 is 5.16. The van der Waals surface area contributed by atoms with Gasteiger partial charge in [-0.15, -0.1) is 23.7 Å². The normalized spacial score (nSPS) is 27.8. The lowest BCUT2D eigenvalue weighted by molar-refractivity contribution is -0.144. The third kappa shape index (κ3) is 3.31. The van der Waals surface area contributed by atoms with E-state index >= 15 is 0 Å². The van der Waals surface area contributed by atoms with Crippen molar-refractivity contribution in [3.05, 3.63) is 20.8 Å². The monoisotopic (exact) mass is 392 g/mol. The molecule has 0 radical (unpaired) electrons. The van der Waals surface area contributed by atoms with E-state index in [1.165, 1.54) is 24.8 Å². The Bertz CT molecular complexity index is 510. The van der Waals surface area contributed by atoms with E-state index in [0.717, 1.165) is 29.8 Å². The third-order valence-electron chi connectivity index (χ3n) is 4.85. The van der Waals surface area contributed by atoms with Crippen LogP contribution in [-0.2, 0) is 11.3 Å². The highest BCUT2D eigenvalue weighted by atomic mass is 79.9. The molecule has 1 saturated heterocycles. The summed E-state index contributed by atoms with van der Waals surface area (Å²) in [4.78, 5) is 14.9. The standard InChI is InChI=1S/C15H21BrN2OS.ClH/c1-18(8-11-6-13(16)20-9-11)14(19)15-5-3-2-4-12(15)7-17-10-15;/h6,9,12,17H,2-5,7-8,10H2,1H3;1H/t12-,15+;/m0./s1. The highest BCUT2D eigenvalue weighted by Crippen LogP contribution is 2.45. The second-order valence-corrected chi connectivity index (χ2v) is 8.44. The lowest BCUT2D eigenvalue weighted by atomic mass is 9.67. The Hall–Kier alpha value is -0.100. The van der Waals surface area contributed by atoms with Crippen molar-refractivity contribution in [1.82, 2.24) is 10.2 Å². The lowest BCUT2D eigenvalue weighted by Gasteiger charge is -2.39. The SMILES string of the molecule is CN(Cc1csc(Br)c1)C(=O)[C@@]12CCCC[C@H]1CNC2.Cl. The first-order chi connectivity index (χ1) is 9.62. The summed E-state index contributed by atoms with van der Waals surface area (Å²) in [5, 5.41) is 5.58. The summed E-state index contributed by atoms with van der Waals surface area (Å²) in [6.07, 6.45) is 4.74. The van der Waals surface area contributed by atoms with Gasteiger partial charge in [-0.3, -0.25) is 4.79 Å². The van der Waals surface area contributed by atoms with Crippen LogP contribution in [-0.4, -0.2) is 30.9 Å². The minimum absolute atomic E-state index is 0. The van der Waals surface area contributed by atoms with Gasteiger partial charge in [-0.05, 0) is 58.2 Å². The second kappa shape index (κ2) is 6.99. The summed E-state index contributed by atoms with van der Waals surface area (Å²) in [6, 6.07) is 2.11. The molecule has 3 nitrogen and oxygen atoms in total. The molecule has 2 heterocycles. The molecule has 1 saturated carbocycles. The average molecular weight is 394 g/mol. The van der Waals surface area contributed by atoms with E-state index < -0.39 is 0 Å². The van der Waals surface area contributed by atoms with Crippen molar-refractivity contribution in [2.45, 2.75) is 32.2 Å². The highest BCUT2D eigenvalue weighted by Gasteiger charge is 2.50. The zero-order valence-electron chi connectivity index (χ0n) is 12.2. The van der Waals surface area contributed by atoms with E-state index in [0.29, 0.717) is 11.8 Å². The zero-order chi connectivity index (χ0) is 14.2. The Labute approximate surface area is 145 Å². The van der Waals surface area contributed by atoms with E-state index in [9.17, 15) is 4.79 Å². The average Bonchev–Trinajstić information content (AvgIpc) is 3.04. The van der Waals surface area contributed by atoms with Gasteiger partial charge in [0, 0.05) is 20.1 Å². The Morgan fingerprint density at radius 1 is 1.57 bits per heavy atom. The van der Waals surface area contributed by atoms with E-state index in [1.807, 2.05) is 11.9 Å². The number of amides is 1. The van der Waals surface area contributed by atoms with E-state index in [1.54, 1.807) is 11.3 Å². The molecule has 0 unspecified atom stereocenters. The number of fused-ring (bicyclic) bond motifs is 1. The molecule has 0 spiro atoms. The smallest absolute Gasteiger partial charge is 0.230 e. The molecule has 1 aromatic rings. The molecule has 1 amide bonds. The minimum Gasteiger partial charge on any atom is -0.341 e. The van der Waals surface area contributed by atoms with Gasteiger partial charge in [0.25, 0.3) is 0 Å². The van der Waals surface area contributed by atoms with Gasteiger partial charge in [-0.1, -0.05) is 12.8 Å². The predicted molar refractivity (Wildman–Crippen MR) is 93.0 cm³/mol. The number of carbonyl (C=O) groups is 1. The van der Waals surface area contributed by atoms with Crippen LogP contribution in [0.3, 0.4) is 0 Å². The first-order valence-electron chi connectivity index (χ1n) is 7.31. The molecule has 1 N–H and O–H groups in total. The molecule has 1 aliphatic heterocycles. The van der Waals surface area contributed by atoms with Gasteiger partial charge >= 0.3 is 0 Å². The molecular weight excluding hydrogens is 372 g/mol. The number of hydrogen-bond acceptors (Lipinski definition) is 3. The van der Waals surface area contributed by atoms with Gasteiger partial charge in [0.2, 0.25) is 5.91 Å². The zero-order valence-corrected chi connectivity index (χ0v) is 15.5. The maximum absolute atomic E-state index is 13.0. The molecule has 0 aromatic carbocycles. The maximum Gasteiger partial charge on any atom is 0.230 e. The van der Waals surface area contributed by atoms with Crippen molar-refractivity contribution in [3.63, 3.8) is 0 Å². The van der Waals surface area contributed by atoms with E-state index in [-0.39, 0.29) is 17.8 Å². The number of rotatable bonds is 3. The van der Waals surface area contributed by atoms with Crippen molar-refractivity contribution >= 4 is 45.6 Å². The largest absolute Gasteiger partial charge is 0.341 e. The fourth-order valence-corrected chi connectivity index (χ4v) is 5.02. The summed E-state index contributed by atoms with van der Waals surface area (Å²) in [7, 11) is 1.95. The van der Waals surface area contributed by atoms with Crippen LogP contribution < -0.4 is 5.32 Å². The number of hydrogen-bond donors (Lipinski definition) is 1. The molecule has 2 aliphatic rings. The van der Waals surface area contributed by atoms with Crippen LogP contribution in [0.2, 0.25) is 0 Å². The van der Waals surface area contributed by atoms with Gasteiger partial charge in [-0.25, -0.2) is 0 Å². The van der Waals surface area contributed by atoms with Crippen molar-refractivity contribution in [2.75, 3.05) is 20.1 Å². The van der Waals surface area contributed by atoms with Crippen molar-refractivity contribution in [2.24, 2.45) is 11.3 Å². The first kappa shape index (κ1) is 17.3. The molecule has 1 aromatic heterocycles. The van der Waals surface area contributed by atoms with Crippen LogP contribution in [0.15, 0.2) is 15.2 Å². The summed E-state index contributed by atoms with van der Waals surface area (Å²) in [5.41, 5.74) is 1.09. The summed E-state index contributed by atoms with van der Waals surface area (Å²) in [6.45, 7) is 2.60. The van der Waals surface area contributed by atoms with Gasteiger partial charge in [0.05, 0.1) is 9.20 Å². The maximum atomic E-state index is 13.0. The molecule has 21 heavy (non-hydrogen) atoms. The Morgan fingerprint density at radius 3 is 3.10 bits per heavy atom. The molecule has 3 rings (SSSR count). The van der Waals surface area contributed by atoms with Crippen LogP contribution in [0, 0.1) is 11.3 Å². The third-order valence-corrected chi connectivity index (χ3v) is 6.41. The van der Waals surface area contributed by atoms with Crippen molar-refractivity contribution < 1.29 is 4.79 Å².